The average molecular weight is 250 g/mol. The number of halogens is 1. The zero-order chi connectivity index (χ0) is 11.5. The first-order valence-electron chi connectivity index (χ1n) is 4.90. The van der Waals surface area contributed by atoms with Gasteiger partial charge in [0, 0.05) is 5.56 Å². The summed E-state index contributed by atoms with van der Waals surface area (Å²) in [5.74, 6) is -0.0580. The number of rotatable bonds is 1. The molecule has 1 aliphatic carbocycles. The maximum atomic E-state index is 8.95. The molecule has 4 N–H and O–H groups in total. The molecule has 0 saturated heterocycles. The fourth-order valence-corrected chi connectivity index (χ4v) is 1.83. The van der Waals surface area contributed by atoms with Gasteiger partial charge in [-0.3, -0.25) is 0 Å². The van der Waals surface area contributed by atoms with Crippen LogP contribution < -0.4 is 11.5 Å². The molecule has 1 aromatic carbocycles. The quantitative estimate of drug-likeness (QED) is 0.439. The van der Waals surface area contributed by atoms with E-state index in [1.807, 2.05) is 18.2 Å². The summed E-state index contributed by atoms with van der Waals surface area (Å²) in [6.45, 7) is 0. The van der Waals surface area contributed by atoms with Gasteiger partial charge in [-0.25, -0.2) is 0 Å². The van der Waals surface area contributed by atoms with Crippen LogP contribution in [0.1, 0.15) is 23.1 Å². The highest BCUT2D eigenvalue weighted by Crippen LogP contribution is 2.25. The number of hydrogen-bond acceptors (Lipinski definition) is 3. The highest BCUT2D eigenvalue weighted by Gasteiger charge is 2.20. The molecule has 0 unspecified atom stereocenters. The van der Waals surface area contributed by atoms with Crippen LogP contribution in [0.5, 0.6) is 0 Å². The molecule has 0 atom stereocenters. The minimum absolute atomic E-state index is 0. The fourth-order valence-electron chi connectivity index (χ4n) is 1.83. The molecular weight excluding hydrogens is 238 g/mol. The summed E-state index contributed by atoms with van der Waals surface area (Å²) in [4.78, 5) is 0. The normalized spacial score (nSPS) is 14.6. The first-order chi connectivity index (χ1) is 7.72. The van der Waals surface area contributed by atoms with E-state index >= 15 is 0 Å². The second kappa shape index (κ2) is 5.32. The van der Waals surface area contributed by atoms with Crippen LogP contribution in [0.25, 0.3) is 0 Å². The van der Waals surface area contributed by atoms with E-state index in [9.17, 15) is 0 Å². The minimum Gasteiger partial charge on any atom is -0.369 e. The van der Waals surface area contributed by atoms with Crippen molar-refractivity contribution in [1.29, 1.82) is 5.26 Å². The van der Waals surface area contributed by atoms with Crippen molar-refractivity contribution in [3.63, 3.8) is 0 Å². The molecule has 2 rings (SSSR count). The number of nitrogens with two attached hydrogens (primary N) is 2. The van der Waals surface area contributed by atoms with Crippen molar-refractivity contribution in [3.8, 4) is 6.07 Å². The van der Waals surface area contributed by atoms with Gasteiger partial charge in [-0.1, -0.05) is 12.1 Å². The lowest BCUT2D eigenvalue weighted by atomic mass is 10.0. The maximum absolute atomic E-state index is 8.95. The zero-order valence-electron chi connectivity index (χ0n) is 9.05. The molecule has 0 radical (unpaired) electrons. The summed E-state index contributed by atoms with van der Waals surface area (Å²) in [5.41, 5.74) is 14.0. The third-order valence-electron chi connectivity index (χ3n) is 2.51. The Hall–Kier alpha value is -2.06. The number of benzene rings is 1. The summed E-state index contributed by atoms with van der Waals surface area (Å²) in [7, 11) is 0. The van der Waals surface area contributed by atoms with Crippen molar-refractivity contribution < 1.29 is 0 Å². The van der Waals surface area contributed by atoms with Gasteiger partial charge in [0.25, 0.3) is 0 Å². The molecule has 0 bridgehead atoms. The summed E-state index contributed by atoms with van der Waals surface area (Å²) in [6.07, 6.45) is 1.59. The van der Waals surface area contributed by atoms with E-state index < -0.39 is 0 Å². The van der Waals surface area contributed by atoms with E-state index in [4.69, 9.17) is 16.7 Å². The highest BCUT2D eigenvalue weighted by molar-refractivity contribution is 6.05. The van der Waals surface area contributed by atoms with E-state index in [2.05, 4.69) is 16.3 Å². The lowest BCUT2D eigenvalue weighted by molar-refractivity contribution is 1.07. The third-order valence-corrected chi connectivity index (χ3v) is 2.51. The van der Waals surface area contributed by atoms with Crippen LogP contribution in [0, 0.1) is 11.3 Å². The van der Waals surface area contributed by atoms with Gasteiger partial charge in [0.05, 0.1) is 17.3 Å². The van der Waals surface area contributed by atoms with Crippen molar-refractivity contribution >= 4 is 24.1 Å². The average Bonchev–Trinajstić information content (AvgIpc) is 2.69. The minimum atomic E-state index is -0.0580. The van der Waals surface area contributed by atoms with Gasteiger partial charge in [0.15, 0.2) is 0 Å². The van der Waals surface area contributed by atoms with Gasteiger partial charge in [-0.05, 0) is 24.5 Å². The Morgan fingerprint density at radius 3 is 2.71 bits per heavy atom. The molecule has 88 valence electrons. The molecule has 5 nitrogen and oxygen atoms in total. The van der Waals surface area contributed by atoms with Crippen LogP contribution in [0.4, 0.5) is 0 Å². The predicted octanol–water partition coefficient (Wildman–Crippen LogP) is 0.904. The molecule has 1 aliphatic rings. The van der Waals surface area contributed by atoms with Crippen LogP contribution in [-0.4, -0.2) is 11.7 Å². The van der Waals surface area contributed by atoms with E-state index in [0.29, 0.717) is 5.56 Å². The molecule has 0 spiro atoms. The Morgan fingerprint density at radius 2 is 2.06 bits per heavy atom. The Balaban J connectivity index is 0.00000144. The Morgan fingerprint density at radius 1 is 1.29 bits per heavy atom. The molecule has 0 heterocycles. The van der Waals surface area contributed by atoms with Crippen LogP contribution in [0.15, 0.2) is 28.4 Å². The van der Waals surface area contributed by atoms with Gasteiger partial charge < -0.3 is 11.5 Å². The van der Waals surface area contributed by atoms with E-state index in [1.54, 1.807) is 0 Å². The van der Waals surface area contributed by atoms with Gasteiger partial charge in [-0.2, -0.15) is 10.4 Å². The van der Waals surface area contributed by atoms with Crippen molar-refractivity contribution in [3.05, 3.63) is 34.9 Å². The summed E-state index contributed by atoms with van der Waals surface area (Å²) < 4.78 is 0. The third kappa shape index (κ3) is 2.55. The van der Waals surface area contributed by atoms with Gasteiger partial charge >= 0.3 is 0 Å². The van der Waals surface area contributed by atoms with Crippen LogP contribution in [0.2, 0.25) is 0 Å². The van der Waals surface area contributed by atoms with Gasteiger partial charge in [0.2, 0.25) is 5.96 Å². The number of guanidine groups is 1. The smallest absolute Gasteiger partial charge is 0.211 e. The monoisotopic (exact) mass is 249 g/mol. The second-order valence-electron chi connectivity index (χ2n) is 3.52. The van der Waals surface area contributed by atoms with Crippen LogP contribution in [0.3, 0.4) is 0 Å². The van der Waals surface area contributed by atoms with E-state index in [1.165, 1.54) is 0 Å². The van der Waals surface area contributed by atoms with Crippen molar-refractivity contribution in [1.82, 2.24) is 0 Å². The summed E-state index contributed by atoms with van der Waals surface area (Å²) in [6, 6.07) is 7.76. The zero-order valence-corrected chi connectivity index (χ0v) is 9.87. The topological polar surface area (TPSA) is 101 Å². The first kappa shape index (κ1) is 13.0. The molecule has 6 heteroatoms. The largest absolute Gasteiger partial charge is 0.369 e. The van der Waals surface area contributed by atoms with E-state index in [-0.39, 0.29) is 18.4 Å². The Bertz CT molecular complexity index is 523. The maximum Gasteiger partial charge on any atom is 0.211 e. The molecule has 0 aromatic heterocycles. The molecule has 1 aromatic rings. The molecule has 17 heavy (non-hydrogen) atoms. The molecule has 0 fully saturated rings. The summed E-state index contributed by atoms with van der Waals surface area (Å²) >= 11 is 0. The second-order valence-corrected chi connectivity index (χ2v) is 3.52. The number of fused-ring (bicyclic) bond motifs is 1. The molecule has 0 aliphatic heterocycles. The van der Waals surface area contributed by atoms with E-state index in [0.717, 1.165) is 29.7 Å². The predicted molar refractivity (Wildman–Crippen MR) is 69.1 cm³/mol. The molecular formula is C11H12ClN5. The Kier molecular flexibility index (Phi) is 4.07. The van der Waals surface area contributed by atoms with Crippen molar-refractivity contribution in [2.24, 2.45) is 21.7 Å². The Labute approximate surface area is 105 Å². The SMILES string of the molecule is Cl.N#Cc1cccc2c1CC/C2=N\N=C(N)N. The first-order valence-corrected chi connectivity index (χ1v) is 4.90. The van der Waals surface area contributed by atoms with Crippen molar-refractivity contribution in [2.75, 3.05) is 0 Å². The lowest BCUT2D eigenvalue weighted by Crippen LogP contribution is -2.22. The van der Waals surface area contributed by atoms with Gasteiger partial charge in [-0.15, -0.1) is 17.5 Å². The molecule has 0 amide bonds. The van der Waals surface area contributed by atoms with Crippen molar-refractivity contribution in [2.45, 2.75) is 12.8 Å². The molecule has 0 saturated carbocycles. The standard InChI is InChI=1S/C11H11N5.ClH/c12-6-7-2-1-3-9-8(7)4-5-10(9)15-16-11(13)14;/h1-3H,4-5H2,(H4,13,14,16);1H/b15-10+;. The van der Waals surface area contributed by atoms with Crippen LogP contribution >= 0.6 is 12.4 Å². The number of nitrogens with zero attached hydrogens (tertiary/aromatic N) is 3. The van der Waals surface area contributed by atoms with Gasteiger partial charge in [0.1, 0.15) is 0 Å². The fraction of sp³-hybridized carbons (Fsp3) is 0.182. The number of nitriles is 1. The highest BCUT2D eigenvalue weighted by atomic mass is 35.5. The summed E-state index contributed by atoms with van der Waals surface area (Å²) in [5, 5.41) is 16.6. The van der Waals surface area contributed by atoms with Crippen LogP contribution in [-0.2, 0) is 6.42 Å². The number of hydrogen-bond donors (Lipinski definition) is 2. The lowest BCUT2D eigenvalue weighted by Gasteiger charge is -1.99.